The quantitative estimate of drug-likeness (QED) is 0.648. The molecular weight excluding hydrogens is 220 g/mol. The van der Waals surface area contributed by atoms with Gasteiger partial charge in [-0.3, -0.25) is 0 Å². The molecule has 0 radical (unpaired) electrons. The maximum absolute atomic E-state index is 5.80. The fraction of sp³-hybridized carbons (Fsp3) is 0.176. The smallest absolute Gasteiger partial charge is 0.134 e. The van der Waals surface area contributed by atoms with Gasteiger partial charge in [0.1, 0.15) is 11.3 Å². The fourth-order valence-electron chi connectivity index (χ4n) is 2.32. The van der Waals surface area contributed by atoms with Gasteiger partial charge in [-0.1, -0.05) is 49.4 Å². The topological polar surface area (TPSA) is 13.1 Å². The highest BCUT2D eigenvalue weighted by atomic mass is 16.3. The lowest BCUT2D eigenvalue weighted by atomic mass is 10.0. The molecular formula is C17H16O. The molecule has 1 heteroatoms. The second kappa shape index (κ2) is 4.69. The Hall–Kier alpha value is -2.02. The second-order valence-electron chi connectivity index (χ2n) is 4.56. The van der Waals surface area contributed by atoms with Gasteiger partial charge >= 0.3 is 0 Å². The molecule has 0 aliphatic rings. The Kier molecular flexibility index (Phi) is 2.89. The summed E-state index contributed by atoms with van der Waals surface area (Å²) in [5.41, 5.74) is 3.67. The Morgan fingerprint density at radius 1 is 0.944 bits per heavy atom. The molecule has 0 N–H and O–H groups in total. The first-order chi connectivity index (χ1) is 8.86. The van der Waals surface area contributed by atoms with E-state index in [2.05, 4.69) is 55.5 Å². The molecule has 90 valence electrons. The van der Waals surface area contributed by atoms with Gasteiger partial charge in [0.25, 0.3) is 0 Å². The van der Waals surface area contributed by atoms with Crippen LogP contribution in [-0.4, -0.2) is 0 Å². The van der Waals surface area contributed by atoms with Crippen LogP contribution in [0.15, 0.2) is 59.0 Å². The number of hydrogen-bond acceptors (Lipinski definition) is 1. The lowest BCUT2D eigenvalue weighted by Gasteiger charge is -2.02. The average Bonchev–Trinajstić information content (AvgIpc) is 2.84. The number of fused-ring (bicyclic) bond motifs is 1. The Labute approximate surface area is 107 Å². The van der Waals surface area contributed by atoms with Crippen molar-refractivity contribution in [1.82, 2.24) is 0 Å². The van der Waals surface area contributed by atoms with Crippen LogP contribution in [0.2, 0.25) is 0 Å². The third-order valence-corrected chi connectivity index (χ3v) is 3.29. The predicted octanol–water partition coefficient (Wildman–Crippen LogP) is 4.59. The lowest BCUT2D eigenvalue weighted by molar-refractivity contribution is 0.557. The van der Waals surface area contributed by atoms with Gasteiger partial charge in [-0.05, 0) is 29.7 Å². The average molecular weight is 236 g/mol. The zero-order valence-corrected chi connectivity index (χ0v) is 10.5. The van der Waals surface area contributed by atoms with Crippen LogP contribution in [0.25, 0.3) is 11.0 Å². The molecule has 3 rings (SSSR count). The summed E-state index contributed by atoms with van der Waals surface area (Å²) in [7, 11) is 0. The molecule has 0 spiro atoms. The van der Waals surface area contributed by atoms with E-state index < -0.39 is 0 Å². The first kappa shape index (κ1) is 11.1. The van der Waals surface area contributed by atoms with Crippen LogP contribution in [0.5, 0.6) is 0 Å². The van der Waals surface area contributed by atoms with Crippen LogP contribution in [0, 0.1) is 0 Å². The van der Waals surface area contributed by atoms with Gasteiger partial charge in [0, 0.05) is 11.8 Å². The second-order valence-corrected chi connectivity index (χ2v) is 4.56. The first-order valence-electron chi connectivity index (χ1n) is 6.41. The van der Waals surface area contributed by atoms with Gasteiger partial charge in [-0.2, -0.15) is 0 Å². The highest BCUT2D eigenvalue weighted by molar-refractivity contribution is 5.82. The Morgan fingerprint density at radius 2 is 1.78 bits per heavy atom. The largest absolute Gasteiger partial charge is 0.461 e. The van der Waals surface area contributed by atoms with Crippen molar-refractivity contribution in [3.05, 3.63) is 71.5 Å². The molecule has 1 aromatic heterocycles. The Balaban J connectivity index is 2.03. The van der Waals surface area contributed by atoms with Crippen LogP contribution < -0.4 is 0 Å². The summed E-state index contributed by atoms with van der Waals surface area (Å²) in [5, 5.41) is 1.25. The SMILES string of the molecule is CCc1cc2c(Cc3ccccc3)cccc2o1. The van der Waals surface area contributed by atoms with E-state index in [0.29, 0.717) is 0 Å². The molecule has 0 atom stereocenters. The van der Waals surface area contributed by atoms with Gasteiger partial charge in [0.05, 0.1) is 0 Å². The van der Waals surface area contributed by atoms with Crippen molar-refractivity contribution in [2.75, 3.05) is 0 Å². The normalized spacial score (nSPS) is 10.9. The Bertz CT molecular complexity index is 650. The van der Waals surface area contributed by atoms with Crippen LogP contribution in [-0.2, 0) is 12.8 Å². The molecule has 0 bridgehead atoms. The summed E-state index contributed by atoms with van der Waals surface area (Å²) in [6, 6.07) is 19.0. The van der Waals surface area contributed by atoms with Crippen molar-refractivity contribution >= 4 is 11.0 Å². The first-order valence-corrected chi connectivity index (χ1v) is 6.41. The minimum Gasteiger partial charge on any atom is -0.461 e. The van der Waals surface area contributed by atoms with Crippen LogP contribution >= 0.6 is 0 Å². The van der Waals surface area contributed by atoms with Gasteiger partial charge in [0.2, 0.25) is 0 Å². The third kappa shape index (κ3) is 2.04. The molecule has 0 aliphatic carbocycles. The van der Waals surface area contributed by atoms with Gasteiger partial charge in [-0.25, -0.2) is 0 Å². The molecule has 1 heterocycles. The summed E-state index contributed by atoms with van der Waals surface area (Å²) in [6.07, 6.45) is 1.90. The van der Waals surface area contributed by atoms with E-state index in [1.54, 1.807) is 0 Å². The number of hydrogen-bond donors (Lipinski definition) is 0. The maximum atomic E-state index is 5.80. The lowest BCUT2D eigenvalue weighted by Crippen LogP contribution is -1.87. The van der Waals surface area contributed by atoms with Crippen LogP contribution in [0.1, 0.15) is 23.8 Å². The molecule has 0 fully saturated rings. The summed E-state index contributed by atoms with van der Waals surface area (Å²) in [6.45, 7) is 2.12. The van der Waals surface area contributed by atoms with Crippen molar-refractivity contribution in [2.24, 2.45) is 0 Å². The van der Waals surface area contributed by atoms with Gasteiger partial charge < -0.3 is 4.42 Å². The zero-order valence-electron chi connectivity index (χ0n) is 10.5. The standard InChI is InChI=1S/C17H16O/c1-2-15-12-16-14(9-6-10-17(16)18-15)11-13-7-4-3-5-8-13/h3-10,12H,2,11H2,1H3. The summed E-state index contributed by atoms with van der Waals surface area (Å²) >= 11 is 0. The highest BCUT2D eigenvalue weighted by Gasteiger charge is 2.07. The fourth-order valence-corrected chi connectivity index (χ4v) is 2.32. The van der Waals surface area contributed by atoms with Crippen molar-refractivity contribution in [1.29, 1.82) is 0 Å². The van der Waals surface area contributed by atoms with Gasteiger partial charge in [-0.15, -0.1) is 0 Å². The number of benzene rings is 2. The van der Waals surface area contributed by atoms with E-state index in [4.69, 9.17) is 4.42 Å². The Morgan fingerprint density at radius 3 is 2.56 bits per heavy atom. The number of aryl methyl sites for hydroxylation is 1. The third-order valence-electron chi connectivity index (χ3n) is 3.29. The van der Waals surface area contributed by atoms with Crippen molar-refractivity contribution in [3.8, 4) is 0 Å². The van der Waals surface area contributed by atoms with Crippen molar-refractivity contribution in [3.63, 3.8) is 0 Å². The molecule has 0 amide bonds. The zero-order chi connectivity index (χ0) is 12.4. The van der Waals surface area contributed by atoms with E-state index in [1.807, 2.05) is 6.07 Å². The summed E-state index contributed by atoms with van der Waals surface area (Å²) in [5.74, 6) is 1.06. The summed E-state index contributed by atoms with van der Waals surface area (Å²) < 4.78 is 5.80. The van der Waals surface area contributed by atoms with Crippen molar-refractivity contribution < 1.29 is 4.42 Å². The number of furan rings is 1. The molecule has 0 saturated carbocycles. The number of rotatable bonds is 3. The minimum atomic E-state index is 0.944. The van der Waals surface area contributed by atoms with Gasteiger partial charge in [0.15, 0.2) is 0 Å². The summed E-state index contributed by atoms with van der Waals surface area (Å²) in [4.78, 5) is 0. The van der Waals surface area contributed by atoms with Crippen molar-refractivity contribution in [2.45, 2.75) is 19.8 Å². The monoisotopic (exact) mass is 236 g/mol. The molecule has 0 saturated heterocycles. The molecule has 2 aromatic carbocycles. The van der Waals surface area contributed by atoms with E-state index in [1.165, 1.54) is 16.5 Å². The molecule has 18 heavy (non-hydrogen) atoms. The van der Waals surface area contributed by atoms with Crippen LogP contribution in [0.3, 0.4) is 0 Å². The van der Waals surface area contributed by atoms with E-state index in [0.717, 1.165) is 24.2 Å². The molecule has 0 unspecified atom stereocenters. The van der Waals surface area contributed by atoms with E-state index in [-0.39, 0.29) is 0 Å². The van der Waals surface area contributed by atoms with E-state index >= 15 is 0 Å². The van der Waals surface area contributed by atoms with E-state index in [9.17, 15) is 0 Å². The predicted molar refractivity (Wildman–Crippen MR) is 74.8 cm³/mol. The molecule has 1 nitrogen and oxygen atoms in total. The molecule has 0 aliphatic heterocycles. The maximum Gasteiger partial charge on any atom is 0.134 e. The van der Waals surface area contributed by atoms with Crippen LogP contribution in [0.4, 0.5) is 0 Å². The molecule has 3 aromatic rings. The minimum absolute atomic E-state index is 0.944. The highest BCUT2D eigenvalue weighted by Crippen LogP contribution is 2.25.